The fourth-order valence-corrected chi connectivity index (χ4v) is 2.10. The minimum Gasteiger partial charge on any atom is -0.462 e. The van der Waals surface area contributed by atoms with Crippen LogP contribution in [0, 0.1) is 0 Å². The van der Waals surface area contributed by atoms with E-state index in [-0.39, 0.29) is 11.1 Å². The van der Waals surface area contributed by atoms with Crippen molar-refractivity contribution in [2.45, 2.75) is 26.7 Å². The molecule has 2 aromatic rings. The Kier molecular flexibility index (Phi) is 5.92. The van der Waals surface area contributed by atoms with E-state index in [0.29, 0.717) is 12.4 Å². The second-order valence-electron chi connectivity index (χ2n) is 5.07. The van der Waals surface area contributed by atoms with Crippen molar-refractivity contribution >= 4 is 11.9 Å². The van der Waals surface area contributed by atoms with Crippen molar-refractivity contribution < 1.29 is 19.1 Å². The van der Waals surface area contributed by atoms with Crippen LogP contribution in [0.15, 0.2) is 48.5 Å². The summed E-state index contributed by atoms with van der Waals surface area (Å²) in [6.45, 7) is 4.26. The molecule has 0 amide bonds. The van der Waals surface area contributed by atoms with E-state index in [4.69, 9.17) is 9.47 Å². The van der Waals surface area contributed by atoms with Crippen LogP contribution >= 0.6 is 0 Å². The van der Waals surface area contributed by atoms with Gasteiger partial charge < -0.3 is 9.47 Å². The summed E-state index contributed by atoms with van der Waals surface area (Å²) in [7, 11) is 0. The molecule has 2 aromatic carbocycles. The number of esters is 2. The summed E-state index contributed by atoms with van der Waals surface area (Å²) in [5.74, 6) is -0.616. The highest BCUT2D eigenvalue weighted by Crippen LogP contribution is 2.18. The van der Waals surface area contributed by atoms with Gasteiger partial charge in [-0.2, -0.15) is 0 Å². The number of carbonyl (C=O) groups is 2. The number of rotatable bonds is 6. The van der Waals surface area contributed by atoms with Crippen LogP contribution in [0.3, 0.4) is 0 Å². The van der Waals surface area contributed by atoms with Crippen LogP contribution in [0.25, 0.3) is 0 Å². The molecule has 0 saturated carbocycles. The molecule has 23 heavy (non-hydrogen) atoms. The molecule has 0 unspecified atom stereocenters. The van der Waals surface area contributed by atoms with Crippen molar-refractivity contribution in [3.8, 4) is 5.75 Å². The van der Waals surface area contributed by atoms with E-state index in [1.54, 1.807) is 30.3 Å². The number of aryl methyl sites for hydroxylation is 1. The second-order valence-corrected chi connectivity index (χ2v) is 5.07. The summed E-state index contributed by atoms with van der Waals surface area (Å²) < 4.78 is 10.5. The normalized spacial score (nSPS) is 10.2. The first-order valence-corrected chi connectivity index (χ1v) is 7.73. The Labute approximate surface area is 136 Å². The summed E-state index contributed by atoms with van der Waals surface area (Å²) in [6.07, 6.45) is 1.58. The van der Waals surface area contributed by atoms with E-state index in [2.05, 4.69) is 0 Å². The molecule has 0 N–H and O–H groups in total. The molecule has 0 aromatic heterocycles. The number of benzene rings is 2. The molecular formula is C19H20O4. The molecular weight excluding hydrogens is 292 g/mol. The van der Waals surface area contributed by atoms with Gasteiger partial charge in [0.25, 0.3) is 0 Å². The maximum absolute atomic E-state index is 12.4. The van der Waals surface area contributed by atoms with Crippen LogP contribution in [-0.2, 0) is 11.2 Å². The molecule has 0 atom stereocenters. The molecule has 4 heteroatoms. The lowest BCUT2D eigenvalue weighted by Gasteiger charge is -2.09. The van der Waals surface area contributed by atoms with Crippen LogP contribution in [-0.4, -0.2) is 18.5 Å². The van der Waals surface area contributed by atoms with Crippen LogP contribution in [0.1, 0.15) is 46.5 Å². The van der Waals surface area contributed by atoms with E-state index in [0.717, 1.165) is 18.4 Å². The predicted octanol–water partition coefficient (Wildman–Crippen LogP) is 4.04. The molecule has 0 bridgehead atoms. The van der Waals surface area contributed by atoms with E-state index in [1.807, 2.05) is 32.0 Å². The molecule has 0 aliphatic heterocycles. The molecule has 0 fully saturated rings. The maximum atomic E-state index is 12.4. The maximum Gasteiger partial charge on any atom is 0.344 e. The Balaban J connectivity index is 2.20. The first-order valence-electron chi connectivity index (χ1n) is 7.73. The van der Waals surface area contributed by atoms with Crippen molar-refractivity contribution in [3.05, 3.63) is 65.2 Å². The lowest BCUT2D eigenvalue weighted by molar-refractivity contribution is 0.0496. The van der Waals surface area contributed by atoms with Gasteiger partial charge >= 0.3 is 11.9 Å². The fourth-order valence-electron chi connectivity index (χ4n) is 2.10. The van der Waals surface area contributed by atoms with Crippen LogP contribution in [0.4, 0.5) is 0 Å². The van der Waals surface area contributed by atoms with Gasteiger partial charge in [-0.1, -0.05) is 38.1 Å². The number of ether oxygens (including phenoxy) is 2. The van der Waals surface area contributed by atoms with Gasteiger partial charge in [-0.05, 0) is 42.7 Å². The number of carbonyl (C=O) groups excluding carboxylic acids is 2. The molecule has 0 heterocycles. The van der Waals surface area contributed by atoms with Crippen molar-refractivity contribution in [2.75, 3.05) is 6.61 Å². The minimum absolute atomic E-state index is 0.204. The Hall–Kier alpha value is -2.62. The summed E-state index contributed by atoms with van der Waals surface area (Å²) >= 11 is 0. The topological polar surface area (TPSA) is 52.6 Å². The lowest BCUT2D eigenvalue weighted by atomic mass is 10.1. The standard InChI is InChI=1S/C19H20O4/c1-3-12-22-18(20)16-10-5-6-11-17(16)19(21)23-15-9-7-8-14(4-2)13-15/h5-11,13H,3-4,12H2,1-2H3. The molecule has 0 aliphatic rings. The third-order valence-corrected chi connectivity index (χ3v) is 3.32. The highest BCUT2D eigenvalue weighted by atomic mass is 16.5. The van der Waals surface area contributed by atoms with E-state index in [1.165, 1.54) is 0 Å². The summed E-state index contributed by atoms with van der Waals surface area (Å²) in [6, 6.07) is 13.8. The van der Waals surface area contributed by atoms with Gasteiger partial charge in [0.15, 0.2) is 0 Å². The van der Waals surface area contributed by atoms with E-state index >= 15 is 0 Å². The molecule has 0 aliphatic carbocycles. The monoisotopic (exact) mass is 312 g/mol. The zero-order valence-electron chi connectivity index (χ0n) is 13.4. The molecule has 0 spiro atoms. The van der Waals surface area contributed by atoms with Crippen molar-refractivity contribution in [1.82, 2.24) is 0 Å². The number of hydrogen-bond donors (Lipinski definition) is 0. The van der Waals surface area contributed by atoms with Gasteiger partial charge in [0.2, 0.25) is 0 Å². The molecule has 0 radical (unpaired) electrons. The molecule has 0 saturated heterocycles. The van der Waals surface area contributed by atoms with Crippen molar-refractivity contribution in [1.29, 1.82) is 0 Å². The van der Waals surface area contributed by atoms with Gasteiger partial charge in [-0.25, -0.2) is 9.59 Å². The summed E-state index contributed by atoms with van der Waals surface area (Å²) in [4.78, 5) is 24.4. The highest BCUT2D eigenvalue weighted by Gasteiger charge is 2.19. The van der Waals surface area contributed by atoms with Gasteiger partial charge in [-0.15, -0.1) is 0 Å². The molecule has 120 valence electrons. The summed E-state index contributed by atoms with van der Waals surface area (Å²) in [5, 5.41) is 0. The third kappa shape index (κ3) is 4.42. The van der Waals surface area contributed by atoms with Gasteiger partial charge in [0.05, 0.1) is 17.7 Å². The van der Waals surface area contributed by atoms with Gasteiger partial charge in [-0.3, -0.25) is 0 Å². The Morgan fingerprint density at radius 3 is 2.26 bits per heavy atom. The van der Waals surface area contributed by atoms with Crippen LogP contribution in [0.2, 0.25) is 0 Å². The predicted molar refractivity (Wildman–Crippen MR) is 87.8 cm³/mol. The van der Waals surface area contributed by atoms with Crippen molar-refractivity contribution in [2.24, 2.45) is 0 Å². The Morgan fingerprint density at radius 2 is 1.61 bits per heavy atom. The first-order chi connectivity index (χ1) is 11.2. The molecule has 4 nitrogen and oxygen atoms in total. The summed E-state index contributed by atoms with van der Waals surface area (Å²) in [5.41, 5.74) is 1.50. The average Bonchev–Trinajstić information content (AvgIpc) is 2.59. The van der Waals surface area contributed by atoms with Crippen LogP contribution in [0.5, 0.6) is 5.75 Å². The molecule has 2 rings (SSSR count). The first kappa shape index (κ1) is 16.7. The van der Waals surface area contributed by atoms with Gasteiger partial charge in [0.1, 0.15) is 5.75 Å². The quantitative estimate of drug-likeness (QED) is 0.597. The number of hydrogen-bond acceptors (Lipinski definition) is 4. The van der Waals surface area contributed by atoms with Gasteiger partial charge in [0, 0.05) is 0 Å². The SMILES string of the molecule is CCCOC(=O)c1ccccc1C(=O)Oc1cccc(CC)c1. The minimum atomic E-state index is -0.567. The lowest BCUT2D eigenvalue weighted by Crippen LogP contribution is -2.16. The zero-order valence-corrected chi connectivity index (χ0v) is 13.4. The largest absolute Gasteiger partial charge is 0.462 e. The Bertz CT molecular complexity index is 691. The zero-order chi connectivity index (χ0) is 16.7. The van der Waals surface area contributed by atoms with E-state index in [9.17, 15) is 9.59 Å². The fraction of sp³-hybridized carbons (Fsp3) is 0.263. The third-order valence-electron chi connectivity index (χ3n) is 3.32. The smallest absolute Gasteiger partial charge is 0.344 e. The Morgan fingerprint density at radius 1 is 0.913 bits per heavy atom. The highest BCUT2D eigenvalue weighted by molar-refractivity contribution is 6.03. The van der Waals surface area contributed by atoms with E-state index < -0.39 is 11.9 Å². The van der Waals surface area contributed by atoms with Crippen molar-refractivity contribution in [3.63, 3.8) is 0 Å². The van der Waals surface area contributed by atoms with Crippen LogP contribution < -0.4 is 4.74 Å². The second kappa shape index (κ2) is 8.13. The average molecular weight is 312 g/mol.